The van der Waals surface area contributed by atoms with Crippen molar-refractivity contribution in [1.82, 2.24) is 34.9 Å². The molecule has 18 heteroatoms. The number of hydrogen-bond acceptors (Lipinski definition) is 13. The Kier molecular flexibility index (Phi) is 71.9. The SMILES string of the molecule is C.C.C.C.C.CC.CC.CC.CC.CC(C)=O.CC(C)=O.CC(C)=O.CC(C)=O.CCC.COC.CS(C)(=O)=O.Cc1[nH]c(-c2ccc(-c3[nH]c(C)c(-c4ccccc4)[nH+]3)cc2)nc1-c1ccccc1.Cc1nc2cc(-c3ccc4oc(C)nc4c3)ccc2o1.c1ccc(-c2nc(-c3ccccc3)c(-c3ccccc3)[nH]2)cc1.c1ccccc1.c1ccccc1. The molecule has 4 N–H and O–H groups in total. The number of fused-ring (bicyclic) bond motifs is 2. The average molecular weight is 1730 g/mol. The van der Waals surface area contributed by atoms with Gasteiger partial charge in [0.15, 0.2) is 28.6 Å². The van der Waals surface area contributed by atoms with Crippen molar-refractivity contribution in [3.63, 3.8) is 0 Å². The molecule has 10 aromatic carbocycles. The summed E-state index contributed by atoms with van der Waals surface area (Å²) in [5, 5.41) is 0. The number of aromatic amines is 4. The lowest BCUT2D eigenvalue weighted by molar-refractivity contribution is -0.349. The first-order valence-corrected chi connectivity index (χ1v) is 42.7. The molecule has 5 aromatic heterocycles. The average Bonchev–Trinajstić information content (AvgIpc) is 1.66. The number of H-pyrrole nitrogens is 4. The van der Waals surface area contributed by atoms with Gasteiger partial charge in [-0.05, 0) is 110 Å². The van der Waals surface area contributed by atoms with Crippen molar-refractivity contribution in [2.24, 2.45) is 0 Å². The third-order valence-corrected chi connectivity index (χ3v) is 13.9. The number of sulfone groups is 1. The van der Waals surface area contributed by atoms with E-state index in [1.807, 2.05) is 257 Å². The summed E-state index contributed by atoms with van der Waals surface area (Å²) in [6.45, 7) is 40.3. The smallest absolute Gasteiger partial charge is 0.285 e. The highest BCUT2D eigenvalue weighted by atomic mass is 32.2. The van der Waals surface area contributed by atoms with E-state index in [1.54, 1.807) is 14.2 Å². The molecule has 0 saturated carbocycles. The van der Waals surface area contributed by atoms with Gasteiger partial charge in [0.1, 0.15) is 61.3 Å². The van der Waals surface area contributed by atoms with E-state index in [-0.39, 0.29) is 60.3 Å². The molecule has 0 fully saturated rings. The van der Waals surface area contributed by atoms with Crippen LogP contribution in [0.15, 0.2) is 294 Å². The molecule has 17 nitrogen and oxygen atoms in total. The van der Waals surface area contributed by atoms with Gasteiger partial charge in [-0.1, -0.05) is 362 Å². The van der Waals surface area contributed by atoms with Crippen LogP contribution >= 0.6 is 0 Å². The molecule has 0 radical (unpaired) electrons. The van der Waals surface area contributed by atoms with Crippen LogP contribution in [0, 0.1) is 27.7 Å². The number of nitrogens with zero attached hydrogens (tertiary/aromatic N) is 4. The van der Waals surface area contributed by atoms with Crippen LogP contribution in [0.1, 0.15) is 191 Å². The van der Waals surface area contributed by atoms with Crippen LogP contribution in [-0.4, -0.2) is 93.2 Å². The van der Waals surface area contributed by atoms with Gasteiger partial charge in [-0.3, -0.25) is 0 Å². The van der Waals surface area contributed by atoms with Crippen molar-refractivity contribution in [3.05, 3.63) is 308 Å². The van der Waals surface area contributed by atoms with Crippen molar-refractivity contribution in [2.75, 3.05) is 26.7 Å². The molecule has 0 aliphatic carbocycles. The number of oxazole rings is 2. The van der Waals surface area contributed by atoms with Crippen LogP contribution < -0.4 is 4.98 Å². The summed E-state index contributed by atoms with van der Waals surface area (Å²) in [6, 6.07) is 96.0. The fraction of sp³-hybridized carbons (Fsp3) is 0.299. The molecule has 15 aromatic rings. The Labute approximate surface area is 752 Å². The molecule has 125 heavy (non-hydrogen) atoms. The third-order valence-electron chi connectivity index (χ3n) is 13.9. The van der Waals surface area contributed by atoms with E-state index >= 15 is 0 Å². The topological polar surface area (TPSA) is 251 Å². The number of imidazole rings is 3. The van der Waals surface area contributed by atoms with Gasteiger partial charge in [-0.25, -0.2) is 38.3 Å². The molecule has 0 amide bonds. The van der Waals surface area contributed by atoms with E-state index in [1.165, 1.54) is 67.4 Å². The quantitative estimate of drug-likeness (QED) is 0.128. The zero-order chi connectivity index (χ0) is 90.4. The Morgan fingerprint density at radius 1 is 0.336 bits per heavy atom. The molecule has 0 atom stereocenters. The van der Waals surface area contributed by atoms with Crippen LogP contribution in [0.4, 0.5) is 0 Å². The van der Waals surface area contributed by atoms with Gasteiger partial charge in [0.2, 0.25) is 0 Å². The first-order chi connectivity index (χ1) is 57.5. The molecule has 15 rings (SSSR count). The lowest BCUT2D eigenvalue weighted by atomic mass is 10.0. The number of aromatic nitrogens is 8. The molecule has 0 aliphatic heterocycles. The fourth-order valence-corrected chi connectivity index (χ4v) is 9.75. The lowest BCUT2D eigenvalue weighted by Gasteiger charge is -2.02. The number of Topliss-reactive ketones (excluding diaryl/α,β-unsaturated/α-hetero) is 4. The van der Waals surface area contributed by atoms with Crippen molar-refractivity contribution in [2.45, 2.75) is 196 Å². The minimum atomic E-state index is -2.67. The van der Waals surface area contributed by atoms with Gasteiger partial charge < -0.3 is 42.7 Å². The number of aryl methyl sites for hydroxylation is 4. The second-order valence-corrected chi connectivity index (χ2v) is 28.2. The minimum Gasteiger partial charge on any atom is -0.441 e. The first-order valence-electron chi connectivity index (χ1n) is 40.4. The number of ketones is 4. The molecule has 678 valence electrons. The largest absolute Gasteiger partial charge is 0.441 e. The van der Waals surface area contributed by atoms with E-state index in [9.17, 15) is 27.6 Å². The van der Waals surface area contributed by atoms with Gasteiger partial charge in [-0.2, -0.15) is 0 Å². The Bertz CT molecular complexity index is 4880. The number of rotatable bonds is 8. The third kappa shape index (κ3) is 52.4. The predicted molar refractivity (Wildman–Crippen MR) is 539 cm³/mol. The normalized spacial score (nSPS) is 8.98. The van der Waals surface area contributed by atoms with E-state index in [4.69, 9.17) is 18.8 Å². The molecule has 5 heterocycles. The standard InChI is InChI=1S/C26H22N4.C21H16N2.C16H12N2O2.2C6H6.4C3H6O.C3H8.C2H6O2S.C2H6O.4C2H6.5CH4/c1-17-23(19-9-5-3-6-10-19)29-25(27-17)21-13-15-22(16-14-21)26-28-18(2)24(30-26)20-11-7-4-8-12-20;1-4-10-16(11-5-1)19-20(17-12-6-2-7-13-17)23-21(22-19)18-14-8-3-9-15-18;1-9-17-13-7-11(3-5-15(13)19-9)12-4-6-16-14(8-12)18-10(2)20-16;2*1-2-4-6-5-3-1;4*1-3(2)4;1-3-2;1-5(2,3)4;1-3-2;4*1-2;;;;;/h3-16H,1-2H3,(H,27,29)(H,28,30);1-15H,(H,22,23);3-8H,1-2H3;2*1-6H;4*1-2H3;3H2,1-2H3;1-2H3;1-2H3;4*1-2H3;5*1H4/p+1. The maximum Gasteiger partial charge on any atom is 0.285 e. The van der Waals surface area contributed by atoms with Gasteiger partial charge in [0.05, 0.1) is 22.6 Å². The number of nitrogens with one attached hydrogen (secondary N) is 4. The van der Waals surface area contributed by atoms with Crippen LogP contribution in [-0.2, 0) is 33.8 Å². The highest BCUT2D eigenvalue weighted by Gasteiger charge is 2.19. The minimum absolute atomic E-state index is 0. The predicted octanol–water partition coefficient (Wildman–Crippen LogP) is 29.9. The summed E-state index contributed by atoms with van der Waals surface area (Å²) >= 11 is 0. The van der Waals surface area contributed by atoms with E-state index < -0.39 is 9.84 Å². The first kappa shape index (κ1) is 123. The van der Waals surface area contributed by atoms with Gasteiger partial charge in [0.25, 0.3) is 5.82 Å². The monoisotopic (exact) mass is 1720 g/mol. The highest BCUT2D eigenvalue weighted by molar-refractivity contribution is 7.89. The van der Waals surface area contributed by atoms with E-state index in [0.29, 0.717) is 11.8 Å². The van der Waals surface area contributed by atoms with Crippen LogP contribution in [0.2, 0.25) is 0 Å². The summed E-state index contributed by atoms with van der Waals surface area (Å²) in [4.78, 5) is 70.2. The summed E-state index contributed by atoms with van der Waals surface area (Å²) < 4.78 is 34.5. The molecule has 0 aliphatic rings. The number of carbonyl (C=O) groups is 4. The Hall–Kier alpha value is -12.6. The number of ether oxygens (including phenoxy) is 1. The van der Waals surface area contributed by atoms with Crippen LogP contribution in [0.3, 0.4) is 0 Å². The summed E-state index contributed by atoms with van der Waals surface area (Å²) in [5.74, 6) is 4.80. The molecule has 0 bridgehead atoms. The van der Waals surface area contributed by atoms with Gasteiger partial charge in [0, 0.05) is 86.6 Å². The maximum atomic E-state index is 9.63. The maximum absolute atomic E-state index is 9.63. The van der Waals surface area contributed by atoms with Crippen LogP contribution in [0.25, 0.3) is 113 Å². The molecular formula is C107H151N8O9S+. The molecule has 0 unspecified atom stereocenters. The van der Waals surface area contributed by atoms with Gasteiger partial charge >= 0.3 is 0 Å². The highest BCUT2D eigenvalue weighted by Crippen LogP contribution is 2.34. The lowest BCUT2D eigenvalue weighted by Crippen LogP contribution is -2.05. The number of carbonyl (C=O) groups excluding carboxylic acids is 4. The second-order valence-electron chi connectivity index (χ2n) is 25.9. The number of benzene rings is 10. The summed E-state index contributed by atoms with van der Waals surface area (Å²) in [5.41, 5.74) is 19.7. The zero-order valence-corrected chi connectivity index (χ0v) is 76.5. The number of methoxy groups -OCH3 is 1. The Morgan fingerprint density at radius 2 is 0.576 bits per heavy atom. The van der Waals surface area contributed by atoms with Gasteiger partial charge in [-0.15, -0.1) is 0 Å². The summed E-state index contributed by atoms with van der Waals surface area (Å²) in [7, 11) is 0.583. The number of hydrogen-bond donors (Lipinski definition) is 3. The second kappa shape index (κ2) is 72.9. The fourth-order valence-electron chi connectivity index (χ4n) is 9.75. The van der Waals surface area contributed by atoms with Crippen molar-refractivity contribution in [3.8, 4) is 90.3 Å². The van der Waals surface area contributed by atoms with Crippen molar-refractivity contribution < 1.29 is 46.2 Å². The molecule has 0 spiro atoms. The Morgan fingerprint density at radius 3 is 0.896 bits per heavy atom. The Balaban J connectivity index is -0.000000336. The zero-order valence-electron chi connectivity index (χ0n) is 75.7. The van der Waals surface area contributed by atoms with E-state index in [0.717, 1.165) is 131 Å². The summed E-state index contributed by atoms with van der Waals surface area (Å²) in [6.07, 6.45) is 3.57. The molecule has 0 saturated heterocycles. The van der Waals surface area contributed by atoms with E-state index in [2.05, 4.69) is 159 Å². The van der Waals surface area contributed by atoms with Crippen molar-refractivity contribution >= 4 is 55.2 Å². The molecular weight excluding hydrogens is 1570 g/mol. The van der Waals surface area contributed by atoms with Crippen LogP contribution in [0.5, 0.6) is 0 Å². The van der Waals surface area contributed by atoms with Crippen molar-refractivity contribution in [1.29, 1.82) is 0 Å².